The van der Waals surface area contributed by atoms with E-state index in [0.717, 1.165) is 0 Å². The largest absolute Gasteiger partial charge is 0.0826 e. The third-order valence-corrected chi connectivity index (χ3v) is 5.62. The van der Waals surface area contributed by atoms with Crippen LogP contribution in [-0.4, -0.2) is 0 Å². The molecule has 0 aliphatic heterocycles. The van der Waals surface area contributed by atoms with E-state index in [1.807, 2.05) is 0 Å². The molecule has 0 saturated carbocycles. The summed E-state index contributed by atoms with van der Waals surface area (Å²) < 4.78 is 0. The molecule has 0 amide bonds. The van der Waals surface area contributed by atoms with E-state index in [1.54, 1.807) is 0 Å². The van der Waals surface area contributed by atoms with Crippen molar-refractivity contribution in [2.75, 3.05) is 0 Å². The van der Waals surface area contributed by atoms with Gasteiger partial charge in [0.1, 0.15) is 0 Å². The van der Waals surface area contributed by atoms with Crippen molar-refractivity contribution in [1.29, 1.82) is 0 Å². The molecule has 2 rings (SSSR count). The molecule has 0 aliphatic rings. The predicted molar refractivity (Wildman–Crippen MR) is 92.0 cm³/mol. The van der Waals surface area contributed by atoms with E-state index in [2.05, 4.69) is 0 Å². The van der Waals surface area contributed by atoms with Crippen LogP contribution in [0.2, 0.25) is 40.2 Å². The molecule has 0 radical (unpaired) electrons. The molecule has 8 heteroatoms. The van der Waals surface area contributed by atoms with Gasteiger partial charge in [-0.25, -0.2) is 0 Å². The van der Waals surface area contributed by atoms with Crippen molar-refractivity contribution in [2.24, 2.45) is 0 Å². The molecule has 0 heterocycles. The molecule has 106 valence electrons. The van der Waals surface area contributed by atoms with E-state index in [1.165, 1.54) is 12.1 Å². The van der Waals surface area contributed by atoms with Crippen LogP contribution in [0.25, 0.3) is 11.1 Å². The van der Waals surface area contributed by atoms with Gasteiger partial charge in [0.05, 0.1) is 40.2 Å². The monoisotopic (exact) mass is 426 g/mol. The van der Waals surface area contributed by atoms with Crippen LogP contribution in [-0.2, 0) is 0 Å². The summed E-state index contributed by atoms with van der Waals surface area (Å²) in [6.45, 7) is 0. The molecule has 0 bridgehead atoms. The van der Waals surface area contributed by atoms with E-state index in [0.29, 0.717) is 0 Å². The summed E-state index contributed by atoms with van der Waals surface area (Å²) in [6, 6.07) is 2.84. The van der Waals surface area contributed by atoms with E-state index < -0.39 is 0 Å². The zero-order valence-corrected chi connectivity index (χ0v) is 15.2. The lowest BCUT2D eigenvalue weighted by Crippen LogP contribution is -1.89. The van der Waals surface area contributed by atoms with E-state index >= 15 is 0 Å². The number of benzene rings is 2. The Morgan fingerprint density at radius 2 is 0.600 bits per heavy atom. The molecule has 0 spiro atoms. The van der Waals surface area contributed by atoms with E-state index in [-0.39, 0.29) is 51.3 Å². The minimum atomic E-state index is 0.156. The Bertz CT molecular complexity index is 594. The van der Waals surface area contributed by atoms with Crippen molar-refractivity contribution in [2.45, 2.75) is 0 Å². The molecule has 20 heavy (non-hydrogen) atoms. The summed E-state index contributed by atoms with van der Waals surface area (Å²) in [7, 11) is 0. The van der Waals surface area contributed by atoms with Crippen molar-refractivity contribution in [3.8, 4) is 11.1 Å². The fourth-order valence-corrected chi connectivity index (χ4v) is 3.58. The first kappa shape index (κ1) is 17.1. The van der Waals surface area contributed by atoms with Gasteiger partial charge in [0, 0.05) is 11.1 Å². The van der Waals surface area contributed by atoms with Crippen molar-refractivity contribution in [3.63, 3.8) is 0 Å². The van der Waals surface area contributed by atoms with Crippen molar-refractivity contribution < 1.29 is 0 Å². The maximum Gasteiger partial charge on any atom is 0.0687 e. The average molecular weight is 430 g/mol. The molecular formula is C12H2Cl8. The Hall–Kier alpha value is 0.760. The molecule has 0 nitrogen and oxygen atoms in total. The minimum Gasteiger partial charge on any atom is -0.0826 e. The van der Waals surface area contributed by atoms with Crippen LogP contribution in [0.1, 0.15) is 0 Å². The van der Waals surface area contributed by atoms with Crippen LogP contribution in [0.3, 0.4) is 0 Å². The summed E-state index contributed by atoms with van der Waals surface area (Å²) in [6.07, 6.45) is 0. The van der Waals surface area contributed by atoms with Crippen LogP contribution in [0.15, 0.2) is 12.1 Å². The van der Waals surface area contributed by atoms with Crippen LogP contribution in [0.5, 0.6) is 0 Å². The van der Waals surface area contributed by atoms with Gasteiger partial charge >= 0.3 is 0 Å². The summed E-state index contributed by atoms with van der Waals surface area (Å²) in [5.74, 6) is 0. The quantitative estimate of drug-likeness (QED) is 0.398. The van der Waals surface area contributed by atoms with Crippen molar-refractivity contribution in [1.82, 2.24) is 0 Å². The smallest absolute Gasteiger partial charge is 0.0687 e. The molecule has 0 aliphatic carbocycles. The Labute approximate surface area is 155 Å². The Morgan fingerprint density at radius 3 is 0.800 bits per heavy atom. The number of hydrogen-bond acceptors (Lipinski definition) is 0. The summed E-state index contributed by atoms with van der Waals surface area (Å²) in [4.78, 5) is 0. The van der Waals surface area contributed by atoms with Crippen molar-refractivity contribution >= 4 is 92.8 Å². The van der Waals surface area contributed by atoms with Gasteiger partial charge in [-0.15, -0.1) is 0 Å². The van der Waals surface area contributed by atoms with Gasteiger partial charge in [-0.2, -0.15) is 0 Å². The lowest BCUT2D eigenvalue weighted by molar-refractivity contribution is 1.61. The van der Waals surface area contributed by atoms with E-state index in [4.69, 9.17) is 92.8 Å². The number of halogens is 8. The third-order valence-electron chi connectivity index (χ3n) is 2.47. The third kappa shape index (κ3) is 2.95. The van der Waals surface area contributed by atoms with Crippen LogP contribution >= 0.6 is 92.8 Å². The first-order chi connectivity index (χ1) is 9.25. The van der Waals surface area contributed by atoms with Crippen LogP contribution in [0.4, 0.5) is 0 Å². The first-order valence-corrected chi connectivity index (χ1v) is 7.94. The molecule has 0 aromatic heterocycles. The van der Waals surface area contributed by atoms with Gasteiger partial charge in [-0.05, 0) is 12.1 Å². The normalized spacial score (nSPS) is 11.0. The minimum absolute atomic E-state index is 0.156. The van der Waals surface area contributed by atoms with Gasteiger partial charge in [-0.3, -0.25) is 0 Å². The molecule has 2 aromatic rings. The summed E-state index contributed by atoms with van der Waals surface area (Å²) in [5.41, 5.74) is 0.565. The molecule has 0 atom stereocenters. The van der Waals surface area contributed by atoms with Gasteiger partial charge in [0.25, 0.3) is 0 Å². The van der Waals surface area contributed by atoms with Gasteiger partial charge in [0.15, 0.2) is 0 Å². The highest BCUT2D eigenvalue weighted by molar-refractivity contribution is 6.54. The Kier molecular flexibility index (Phi) is 5.55. The molecule has 0 unspecified atom stereocenters. The lowest BCUT2D eigenvalue weighted by Gasteiger charge is -2.15. The summed E-state index contributed by atoms with van der Waals surface area (Å²) in [5, 5.41) is 1.45. The molecule has 0 fully saturated rings. The van der Waals surface area contributed by atoms with Gasteiger partial charge in [-0.1, -0.05) is 92.8 Å². The predicted octanol–water partition coefficient (Wildman–Crippen LogP) is 8.58. The first-order valence-electron chi connectivity index (χ1n) is 4.92. The SMILES string of the molecule is Clc1cc(Cl)c(Cl)c(-c2c(Cl)c(Cl)cc(Cl)c2Cl)c1Cl. The van der Waals surface area contributed by atoms with Gasteiger partial charge < -0.3 is 0 Å². The maximum atomic E-state index is 6.18. The maximum absolute atomic E-state index is 6.18. The molecule has 2 aromatic carbocycles. The molecular weight excluding hydrogens is 428 g/mol. The molecule has 0 N–H and O–H groups in total. The van der Waals surface area contributed by atoms with Crippen molar-refractivity contribution in [3.05, 3.63) is 52.3 Å². The van der Waals surface area contributed by atoms with Crippen LogP contribution < -0.4 is 0 Å². The highest BCUT2D eigenvalue weighted by Gasteiger charge is 2.23. The number of rotatable bonds is 1. The second-order valence-corrected chi connectivity index (χ2v) is 6.83. The Balaban J connectivity index is 2.96. The topological polar surface area (TPSA) is 0 Å². The number of hydrogen-bond donors (Lipinski definition) is 0. The highest BCUT2D eigenvalue weighted by atomic mass is 35.5. The summed E-state index contributed by atoms with van der Waals surface area (Å²) >= 11 is 48.7. The standard InChI is InChI=1S/C12H2Cl8/c13-3-1-4(14)10(18)7(9(3)17)8-11(19)5(15)2-6(16)12(8)20/h1-2H. The Morgan fingerprint density at radius 1 is 0.400 bits per heavy atom. The zero-order valence-electron chi connectivity index (χ0n) is 9.18. The fourth-order valence-electron chi connectivity index (χ4n) is 1.59. The van der Waals surface area contributed by atoms with Gasteiger partial charge in [0.2, 0.25) is 0 Å². The van der Waals surface area contributed by atoms with Crippen LogP contribution in [0, 0.1) is 0 Å². The fraction of sp³-hybridized carbons (Fsp3) is 0. The second kappa shape index (κ2) is 6.48. The zero-order chi connectivity index (χ0) is 15.2. The lowest BCUT2D eigenvalue weighted by atomic mass is 10.1. The second-order valence-electron chi connectivity index (χ2n) is 3.69. The highest BCUT2D eigenvalue weighted by Crippen LogP contribution is 2.50. The van der Waals surface area contributed by atoms with E-state index in [9.17, 15) is 0 Å². The average Bonchev–Trinajstić information content (AvgIpc) is 2.38. The molecule has 0 saturated heterocycles.